The maximum atomic E-state index is 10.9. The summed E-state index contributed by atoms with van der Waals surface area (Å²) in [6.07, 6.45) is -2.96. The zero-order valence-electron chi connectivity index (χ0n) is 9.59. The van der Waals surface area contributed by atoms with Crippen LogP contribution in [-0.4, -0.2) is 131 Å². The Morgan fingerprint density at radius 3 is 1.70 bits per heavy atom. The first-order valence-corrected chi connectivity index (χ1v) is 4.98. The van der Waals surface area contributed by atoms with Crippen LogP contribution in [0.3, 0.4) is 0 Å². The van der Waals surface area contributed by atoms with E-state index in [1.165, 1.54) is 0 Å². The SMILES string of the molecule is O=C(O)CCN(CC(=O)O)C(C(=O)O)C(O)C(=O)O.[KH]. The normalized spacial score (nSPS) is 13.1. The Kier molecular flexibility index (Phi) is 11.1. The van der Waals surface area contributed by atoms with Crippen LogP contribution in [0.5, 0.6) is 0 Å². The number of aliphatic hydroxyl groups excluding tert-OH is 1. The third kappa shape index (κ3) is 7.89. The summed E-state index contributed by atoms with van der Waals surface area (Å²) in [7, 11) is 0. The van der Waals surface area contributed by atoms with Crippen LogP contribution in [0.2, 0.25) is 0 Å². The quantitative estimate of drug-likeness (QED) is 0.277. The second kappa shape index (κ2) is 10.2. The van der Waals surface area contributed by atoms with Crippen molar-refractivity contribution >= 4 is 75.3 Å². The molecule has 0 aromatic carbocycles. The molecule has 0 rings (SSSR count). The molecule has 0 saturated carbocycles. The molecule has 0 aromatic heterocycles. The van der Waals surface area contributed by atoms with Crippen molar-refractivity contribution in [2.45, 2.75) is 18.6 Å². The van der Waals surface area contributed by atoms with E-state index in [1.54, 1.807) is 0 Å². The Balaban J connectivity index is 0. The predicted octanol–water partition coefficient (Wildman–Crippen LogP) is -2.90. The molecule has 0 aliphatic rings. The molecule has 0 bridgehead atoms. The summed E-state index contributed by atoms with van der Waals surface area (Å²) in [5, 5.41) is 43.7. The van der Waals surface area contributed by atoms with E-state index >= 15 is 0 Å². The number of carboxylic acid groups (broad SMARTS) is 4. The summed E-state index contributed by atoms with van der Waals surface area (Å²) in [4.78, 5) is 43.0. The van der Waals surface area contributed by atoms with Crippen molar-refractivity contribution in [1.82, 2.24) is 4.90 Å². The van der Waals surface area contributed by atoms with E-state index in [-0.39, 0.29) is 51.4 Å². The summed E-state index contributed by atoms with van der Waals surface area (Å²) in [6, 6.07) is -2.05. The van der Waals surface area contributed by atoms with Crippen LogP contribution in [0.1, 0.15) is 6.42 Å². The van der Waals surface area contributed by atoms with Gasteiger partial charge >= 0.3 is 75.3 Å². The molecule has 0 saturated heterocycles. The Bertz CT molecular complexity index is 386. The fourth-order valence-electron chi connectivity index (χ4n) is 1.36. The minimum absolute atomic E-state index is 0. The number of aliphatic carboxylic acids is 4. The van der Waals surface area contributed by atoms with Crippen molar-refractivity contribution < 1.29 is 44.7 Å². The number of nitrogens with zero attached hydrogens (tertiary/aromatic N) is 1. The Labute approximate surface area is 155 Å². The van der Waals surface area contributed by atoms with Gasteiger partial charge in [-0.25, -0.2) is 4.79 Å². The van der Waals surface area contributed by atoms with Crippen molar-refractivity contribution in [1.29, 1.82) is 0 Å². The first-order valence-electron chi connectivity index (χ1n) is 4.98. The third-order valence-electron chi connectivity index (χ3n) is 2.15. The second-order valence-electron chi connectivity index (χ2n) is 3.57. The molecule has 0 heterocycles. The van der Waals surface area contributed by atoms with Crippen LogP contribution in [-0.2, 0) is 19.2 Å². The van der Waals surface area contributed by atoms with Gasteiger partial charge in [0.1, 0.15) is 6.04 Å². The van der Waals surface area contributed by atoms with Gasteiger partial charge in [-0.05, 0) is 0 Å². The average molecular weight is 319 g/mol. The zero-order chi connectivity index (χ0) is 15.2. The van der Waals surface area contributed by atoms with E-state index in [2.05, 4.69) is 0 Å². The molecule has 0 amide bonds. The van der Waals surface area contributed by atoms with Crippen LogP contribution in [0.25, 0.3) is 0 Å². The van der Waals surface area contributed by atoms with Crippen LogP contribution in [0.15, 0.2) is 0 Å². The zero-order valence-corrected chi connectivity index (χ0v) is 9.59. The molecule has 11 heteroatoms. The van der Waals surface area contributed by atoms with Crippen molar-refractivity contribution in [2.24, 2.45) is 0 Å². The molecule has 0 fully saturated rings. The molecule has 10 nitrogen and oxygen atoms in total. The predicted molar refractivity (Wildman–Crippen MR) is 63.7 cm³/mol. The van der Waals surface area contributed by atoms with Gasteiger partial charge in [0.2, 0.25) is 0 Å². The number of aliphatic hydroxyl groups is 1. The van der Waals surface area contributed by atoms with E-state index in [1.807, 2.05) is 0 Å². The molecule has 2 unspecified atom stereocenters. The third-order valence-corrected chi connectivity index (χ3v) is 2.15. The molecule has 0 aliphatic carbocycles. The summed E-state index contributed by atoms with van der Waals surface area (Å²) in [5.74, 6) is -6.40. The van der Waals surface area contributed by atoms with Gasteiger partial charge < -0.3 is 25.5 Å². The molecular weight excluding hydrogens is 305 g/mol. The van der Waals surface area contributed by atoms with E-state index in [4.69, 9.17) is 20.4 Å². The number of carboxylic acids is 4. The summed E-state index contributed by atoms with van der Waals surface area (Å²) >= 11 is 0. The van der Waals surface area contributed by atoms with Gasteiger partial charge in [-0.1, -0.05) is 0 Å². The Hall–Kier alpha value is -0.564. The summed E-state index contributed by atoms with van der Waals surface area (Å²) in [6.45, 7) is -1.43. The van der Waals surface area contributed by atoms with Gasteiger partial charge in [0.15, 0.2) is 6.10 Å². The maximum absolute atomic E-state index is 10.9. The van der Waals surface area contributed by atoms with E-state index in [0.29, 0.717) is 4.90 Å². The molecular formula is C9H14KNO9. The molecule has 110 valence electrons. The minimum atomic E-state index is -2.37. The van der Waals surface area contributed by atoms with E-state index < -0.39 is 55.5 Å². The van der Waals surface area contributed by atoms with E-state index in [9.17, 15) is 24.3 Å². The number of carbonyl (C=O) groups is 4. The molecule has 0 aliphatic heterocycles. The van der Waals surface area contributed by atoms with Gasteiger partial charge in [-0.2, -0.15) is 0 Å². The molecule has 0 aromatic rings. The Morgan fingerprint density at radius 1 is 0.900 bits per heavy atom. The van der Waals surface area contributed by atoms with Gasteiger partial charge in [0, 0.05) is 6.54 Å². The second-order valence-corrected chi connectivity index (χ2v) is 3.57. The van der Waals surface area contributed by atoms with Gasteiger partial charge in [0.05, 0.1) is 13.0 Å². The van der Waals surface area contributed by atoms with E-state index in [0.717, 1.165) is 0 Å². The van der Waals surface area contributed by atoms with Crippen molar-refractivity contribution in [3.63, 3.8) is 0 Å². The summed E-state index contributed by atoms with van der Waals surface area (Å²) < 4.78 is 0. The molecule has 0 radical (unpaired) electrons. The number of rotatable bonds is 9. The molecule has 5 N–H and O–H groups in total. The summed E-state index contributed by atoms with van der Waals surface area (Å²) in [5.41, 5.74) is 0. The van der Waals surface area contributed by atoms with Crippen molar-refractivity contribution in [3.8, 4) is 0 Å². The fraction of sp³-hybridized carbons (Fsp3) is 0.556. The van der Waals surface area contributed by atoms with Crippen molar-refractivity contribution in [2.75, 3.05) is 13.1 Å². The van der Waals surface area contributed by atoms with Gasteiger partial charge in [-0.15, -0.1) is 0 Å². The Morgan fingerprint density at radius 2 is 1.40 bits per heavy atom. The van der Waals surface area contributed by atoms with Crippen LogP contribution in [0.4, 0.5) is 0 Å². The van der Waals surface area contributed by atoms with Gasteiger partial charge in [-0.3, -0.25) is 19.3 Å². The molecule has 20 heavy (non-hydrogen) atoms. The molecule has 0 spiro atoms. The van der Waals surface area contributed by atoms with Crippen LogP contribution < -0.4 is 0 Å². The van der Waals surface area contributed by atoms with Crippen LogP contribution in [0, 0.1) is 0 Å². The average Bonchev–Trinajstić information content (AvgIpc) is 2.24. The topological polar surface area (TPSA) is 173 Å². The molecule has 2 atom stereocenters. The number of hydrogen-bond donors (Lipinski definition) is 5. The fourth-order valence-corrected chi connectivity index (χ4v) is 1.36. The van der Waals surface area contributed by atoms with Crippen molar-refractivity contribution in [3.05, 3.63) is 0 Å². The van der Waals surface area contributed by atoms with Crippen LogP contribution >= 0.6 is 0 Å². The standard InChI is InChI=1S/C9H13NO9.K.H/c11-4(12)1-2-10(3-5(13)14)6(8(16)17)7(15)9(18)19;;/h6-7,15H,1-3H2,(H,11,12)(H,13,14)(H,16,17)(H,18,19);;. The first kappa shape index (κ1) is 21.7. The van der Waals surface area contributed by atoms with Gasteiger partial charge in [0.25, 0.3) is 0 Å². The monoisotopic (exact) mass is 319 g/mol. The number of hydrogen-bond acceptors (Lipinski definition) is 6. The first-order chi connectivity index (χ1) is 8.66.